The Hall–Kier alpha value is -2.90. The molecule has 2 atom stereocenters. The van der Waals surface area contributed by atoms with Crippen LogP contribution in [0, 0.1) is 0 Å². The molecule has 0 radical (unpaired) electrons. The summed E-state index contributed by atoms with van der Waals surface area (Å²) >= 11 is 6.02. The first-order valence-corrected chi connectivity index (χ1v) is 9.29. The Morgan fingerprint density at radius 3 is 2.28 bits per heavy atom. The molecule has 29 heavy (non-hydrogen) atoms. The number of benzene rings is 2. The van der Waals surface area contributed by atoms with E-state index in [-0.39, 0.29) is 19.3 Å². The van der Waals surface area contributed by atoms with Crippen molar-refractivity contribution in [1.29, 1.82) is 0 Å². The van der Waals surface area contributed by atoms with Crippen LogP contribution in [0.1, 0.15) is 18.4 Å². The van der Waals surface area contributed by atoms with Crippen molar-refractivity contribution in [2.45, 2.75) is 31.4 Å². The second-order valence-corrected chi connectivity index (χ2v) is 6.91. The minimum Gasteiger partial charge on any atom is -0.481 e. The summed E-state index contributed by atoms with van der Waals surface area (Å²) in [5.41, 5.74) is 2.69. The maximum absolute atomic E-state index is 12.0. The highest BCUT2D eigenvalue weighted by Gasteiger charge is 2.29. The molecule has 0 unspecified atom stereocenters. The summed E-state index contributed by atoms with van der Waals surface area (Å²) in [5, 5.41) is 21.3. The van der Waals surface area contributed by atoms with Crippen LogP contribution >= 0.6 is 11.6 Å². The Kier molecular flexibility index (Phi) is 8.18. The number of aliphatic carboxylic acids is 2. The third-order valence-corrected chi connectivity index (χ3v) is 4.58. The highest BCUT2D eigenvalue weighted by molar-refractivity contribution is 6.30. The Morgan fingerprint density at radius 2 is 1.72 bits per heavy atom. The van der Waals surface area contributed by atoms with Gasteiger partial charge in [-0.2, -0.15) is 0 Å². The molecule has 2 aromatic rings. The van der Waals surface area contributed by atoms with Gasteiger partial charge < -0.3 is 20.3 Å². The lowest BCUT2D eigenvalue weighted by Crippen LogP contribution is -2.49. The fourth-order valence-corrected chi connectivity index (χ4v) is 3.12. The van der Waals surface area contributed by atoms with Crippen molar-refractivity contribution in [2.24, 2.45) is 0 Å². The van der Waals surface area contributed by atoms with Crippen LogP contribution in [0.4, 0.5) is 0 Å². The summed E-state index contributed by atoms with van der Waals surface area (Å²) in [4.78, 5) is 34.2. The number of carbonyl (C=O) groups is 3. The van der Waals surface area contributed by atoms with Crippen LogP contribution in [0.2, 0.25) is 5.02 Å². The molecule has 7 nitrogen and oxygen atoms in total. The van der Waals surface area contributed by atoms with Gasteiger partial charge in [-0.3, -0.25) is 9.59 Å². The molecule has 3 N–H and O–H groups in total. The molecule has 0 heterocycles. The summed E-state index contributed by atoms with van der Waals surface area (Å²) in [7, 11) is 1.25. The zero-order valence-electron chi connectivity index (χ0n) is 15.8. The molecule has 2 aromatic carbocycles. The molecule has 0 aliphatic carbocycles. The molecule has 2 rings (SSSR count). The second-order valence-electron chi connectivity index (χ2n) is 6.47. The van der Waals surface area contributed by atoms with Crippen LogP contribution < -0.4 is 5.32 Å². The zero-order valence-corrected chi connectivity index (χ0v) is 16.6. The first kappa shape index (κ1) is 22.4. The van der Waals surface area contributed by atoms with Crippen molar-refractivity contribution in [3.63, 3.8) is 0 Å². The molecular weight excluding hydrogens is 398 g/mol. The number of carbonyl (C=O) groups excluding carboxylic acids is 1. The number of carboxylic acids is 2. The van der Waals surface area contributed by atoms with Gasteiger partial charge in [0.2, 0.25) is 5.91 Å². The van der Waals surface area contributed by atoms with Crippen molar-refractivity contribution >= 4 is 29.4 Å². The maximum atomic E-state index is 12.0. The lowest BCUT2D eigenvalue weighted by Gasteiger charge is -2.24. The zero-order chi connectivity index (χ0) is 21.4. The van der Waals surface area contributed by atoms with E-state index in [0.29, 0.717) is 5.02 Å². The SMILES string of the molecule is CO[C@H](C(=O)O)[C@@H](Cc1ccc(-c2cccc(Cl)c2)cc1)NC(=O)CCC(=O)O. The first-order valence-electron chi connectivity index (χ1n) is 8.91. The molecule has 8 heteroatoms. The van der Waals surface area contributed by atoms with Gasteiger partial charge in [0, 0.05) is 18.6 Å². The van der Waals surface area contributed by atoms with Gasteiger partial charge in [-0.05, 0) is 35.2 Å². The van der Waals surface area contributed by atoms with E-state index in [1.165, 1.54) is 7.11 Å². The highest BCUT2D eigenvalue weighted by atomic mass is 35.5. The summed E-state index contributed by atoms with van der Waals surface area (Å²) in [6.45, 7) is 0. The number of ether oxygens (including phenoxy) is 1. The third kappa shape index (κ3) is 6.89. The first-order chi connectivity index (χ1) is 13.8. The van der Waals surface area contributed by atoms with Gasteiger partial charge in [-0.25, -0.2) is 4.79 Å². The molecule has 0 spiro atoms. The molecule has 154 valence electrons. The number of methoxy groups -OCH3 is 1. The maximum Gasteiger partial charge on any atom is 0.334 e. The molecular formula is C21H22ClNO6. The van der Waals surface area contributed by atoms with Crippen LogP contribution in [-0.4, -0.2) is 47.3 Å². The Bertz CT molecular complexity index is 868. The van der Waals surface area contributed by atoms with Gasteiger partial charge >= 0.3 is 11.9 Å². The Labute approximate surface area is 173 Å². The van der Waals surface area contributed by atoms with Gasteiger partial charge in [-0.1, -0.05) is 48.0 Å². The Morgan fingerprint density at radius 1 is 1.03 bits per heavy atom. The average Bonchev–Trinajstić information content (AvgIpc) is 2.67. The molecule has 1 amide bonds. The topological polar surface area (TPSA) is 113 Å². The number of hydrogen-bond donors (Lipinski definition) is 3. The van der Waals surface area contributed by atoms with E-state index in [2.05, 4.69) is 5.32 Å². The van der Waals surface area contributed by atoms with Gasteiger partial charge in [0.1, 0.15) is 0 Å². The number of hydrogen-bond acceptors (Lipinski definition) is 4. The largest absolute Gasteiger partial charge is 0.481 e. The molecule has 0 bridgehead atoms. The highest BCUT2D eigenvalue weighted by Crippen LogP contribution is 2.23. The van der Waals surface area contributed by atoms with Crippen molar-refractivity contribution in [1.82, 2.24) is 5.32 Å². The van der Waals surface area contributed by atoms with Gasteiger partial charge in [-0.15, -0.1) is 0 Å². The molecule has 0 saturated carbocycles. The molecule has 0 fully saturated rings. The van der Waals surface area contributed by atoms with Crippen LogP contribution in [-0.2, 0) is 25.5 Å². The van der Waals surface area contributed by atoms with Crippen LogP contribution in [0.25, 0.3) is 11.1 Å². The third-order valence-electron chi connectivity index (χ3n) is 4.34. The van der Waals surface area contributed by atoms with E-state index >= 15 is 0 Å². The Balaban J connectivity index is 2.15. The van der Waals surface area contributed by atoms with Crippen LogP contribution in [0.5, 0.6) is 0 Å². The van der Waals surface area contributed by atoms with Crippen molar-refractivity contribution < 1.29 is 29.3 Å². The lowest BCUT2D eigenvalue weighted by molar-refractivity contribution is -0.151. The molecule has 0 saturated heterocycles. The van der Waals surface area contributed by atoms with E-state index < -0.39 is 30.0 Å². The minimum absolute atomic E-state index is 0.208. The monoisotopic (exact) mass is 419 g/mol. The number of rotatable bonds is 10. The van der Waals surface area contributed by atoms with Gasteiger partial charge in [0.25, 0.3) is 0 Å². The summed E-state index contributed by atoms with van der Waals surface area (Å²) < 4.78 is 5.03. The average molecular weight is 420 g/mol. The standard InChI is InChI=1S/C21H22ClNO6/c1-29-20(21(27)28)17(23-18(24)9-10-19(25)26)11-13-5-7-14(8-6-13)15-3-2-4-16(22)12-15/h2-8,12,17,20H,9-11H2,1H3,(H,23,24)(H,25,26)(H,27,28)/t17-,20+/m1/s1. The fraction of sp³-hybridized carbons (Fsp3) is 0.286. The summed E-state index contributed by atoms with van der Waals surface area (Å²) in [6, 6.07) is 14.0. The number of amides is 1. The normalized spacial score (nSPS) is 12.8. The van der Waals surface area contributed by atoms with Crippen molar-refractivity contribution in [3.8, 4) is 11.1 Å². The summed E-state index contributed by atoms with van der Waals surface area (Å²) in [5.74, 6) is -2.86. The fourth-order valence-electron chi connectivity index (χ4n) is 2.93. The quantitative estimate of drug-likeness (QED) is 0.545. The minimum atomic E-state index is -1.27. The van der Waals surface area contributed by atoms with Crippen LogP contribution in [0.15, 0.2) is 48.5 Å². The van der Waals surface area contributed by atoms with Gasteiger partial charge in [0.05, 0.1) is 12.5 Å². The molecule has 0 aromatic heterocycles. The van der Waals surface area contributed by atoms with Crippen LogP contribution in [0.3, 0.4) is 0 Å². The number of nitrogens with one attached hydrogen (secondary N) is 1. The van der Waals surface area contributed by atoms with E-state index in [9.17, 15) is 19.5 Å². The van der Waals surface area contributed by atoms with E-state index in [4.69, 9.17) is 21.4 Å². The van der Waals surface area contributed by atoms with E-state index in [1.807, 2.05) is 42.5 Å². The predicted molar refractivity (Wildman–Crippen MR) is 108 cm³/mol. The van der Waals surface area contributed by atoms with E-state index in [1.54, 1.807) is 6.07 Å². The predicted octanol–water partition coefficient (Wildman–Crippen LogP) is 3.00. The smallest absolute Gasteiger partial charge is 0.334 e. The lowest BCUT2D eigenvalue weighted by atomic mass is 9.98. The van der Waals surface area contributed by atoms with E-state index in [0.717, 1.165) is 16.7 Å². The van der Waals surface area contributed by atoms with Crippen molar-refractivity contribution in [3.05, 3.63) is 59.1 Å². The molecule has 0 aliphatic rings. The van der Waals surface area contributed by atoms with Gasteiger partial charge in [0.15, 0.2) is 6.10 Å². The van der Waals surface area contributed by atoms with Crippen molar-refractivity contribution in [2.75, 3.05) is 7.11 Å². The second kappa shape index (κ2) is 10.6. The molecule has 0 aliphatic heterocycles. The summed E-state index contributed by atoms with van der Waals surface area (Å²) in [6.07, 6.45) is -1.64. The number of carboxylic acid groups (broad SMARTS) is 2. The number of halogens is 1.